The Labute approximate surface area is 190 Å². The Morgan fingerprint density at radius 1 is 0.938 bits per heavy atom. The molecule has 1 saturated heterocycles. The third-order valence-corrected chi connectivity index (χ3v) is 5.89. The Kier molecular flexibility index (Phi) is 5.64. The first kappa shape index (κ1) is 20.3. The maximum atomic E-state index is 12.5. The summed E-state index contributed by atoms with van der Waals surface area (Å²) in [5, 5.41) is 9.41. The molecule has 7 nitrogen and oxygen atoms in total. The van der Waals surface area contributed by atoms with E-state index in [4.69, 9.17) is 21.1 Å². The molecule has 1 amide bonds. The first-order valence-electron chi connectivity index (χ1n) is 10.4. The number of aromatic nitrogens is 2. The molecule has 0 bridgehead atoms. The summed E-state index contributed by atoms with van der Waals surface area (Å²) in [4.78, 5) is 16.5. The maximum Gasteiger partial charge on any atom is 0.246 e. The molecular weight excluding hydrogens is 428 g/mol. The van der Waals surface area contributed by atoms with Crippen molar-refractivity contribution >= 4 is 29.4 Å². The molecule has 2 aliphatic rings. The fourth-order valence-electron chi connectivity index (χ4n) is 3.74. The predicted molar refractivity (Wildman–Crippen MR) is 123 cm³/mol. The number of carbonyl (C=O) groups excluding carboxylic acids is 1. The van der Waals surface area contributed by atoms with Gasteiger partial charge in [-0.15, -0.1) is 10.2 Å². The van der Waals surface area contributed by atoms with E-state index in [0.29, 0.717) is 31.2 Å². The monoisotopic (exact) mass is 448 g/mol. The van der Waals surface area contributed by atoms with Crippen molar-refractivity contribution in [1.29, 1.82) is 0 Å². The van der Waals surface area contributed by atoms with Gasteiger partial charge in [0.25, 0.3) is 0 Å². The zero-order chi connectivity index (χ0) is 21.9. The van der Waals surface area contributed by atoms with Gasteiger partial charge < -0.3 is 19.3 Å². The van der Waals surface area contributed by atoms with Crippen molar-refractivity contribution in [2.75, 3.05) is 37.9 Å². The van der Waals surface area contributed by atoms with Gasteiger partial charge in [-0.3, -0.25) is 4.79 Å². The molecule has 32 heavy (non-hydrogen) atoms. The number of ether oxygens (including phenoxy) is 2. The Morgan fingerprint density at radius 2 is 1.75 bits per heavy atom. The summed E-state index contributed by atoms with van der Waals surface area (Å²) in [7, 11) is 0. The number of nitrogens with zero attached hydrogens (tertiary/aromatic N) is 4. The third kappa shape index (κ3) is 4.24. The highest BCUT2D eigenvalue weighted by Gasteiger charge is 2.21. The van der Waals surface area contributed by atoms with Gasteiger partial charge in [-0.25, -0.2) is 0 Å². The summed E-state index contributed by atoms with van der Waals surface area (Å²) in [6.07, 6.45) is 3.34. The molecule has 2 aromatic carbocycles. The lowest BCUT2D eigenvalue weighted by Crippen LogP contribution is -2.48. The zero-order valence-electron chi connectivity index (χ0n) is 17.3. The van der Waals surface area contributed by atoms with E-state index < -0.39 is 0 Å². The molecule has 0 spiro atoms. The number of amides is 1. The van der Waals surface area contributed by atoms with Crippen LogP contribution in [0.15, 0.2) is 60.7 Å². The van der Waals surface area contributed by atoms with Crippen LogP contribution < -0.4 is 14.4 Å². The minimum absolute atomic E-state index is 0.0196. The van der Waals surface area contributed by atoms with E-state index >= 15 is 0 Å². The second kappa shape index (κ2) is 8.88. The van der Waals surface area contributed by atoms with Crippen LogP contribution in [0.2, 0.25) is 5.02 Å². The number of benzene rings is 2. The van der Waals surface area contributed by atoms with Crippen LogP contribution in [0.4, 0.5) is 5.82 Å². The summed E-state index contributed by atoms with van der Waals surface area (Å²) in [6, 6.07) is 17.1. The highest BCUT2D eigenvalue weighted by Crippen LogP contribution is 2.35. The van der Waals surface area contributed by atoms with Crippen LogP contribution in [0, 0.1) is 0 Å². The fraction of sp³-hybridized carbons (Fsp3) is 0.208. The average Bonchev–Trinajstić information content (AvgIpc) is 3.32. The van der Waals surface area contributed by atoms with Crippen LogP contribution in [0.25, 0.3) is 17.3 Å². The van der Waals surface area contributed by atoms with E-state index in [0.717, 1.165) is 34.1 Å². The molecule has 0 aliphatic carbocycles. The Morgan fingerprint density at radius 3 is 2.53 bits per heavy atom. The van der Waals surface area contributed by atoms with Crippen molar-refractivity contribution in [3.05, 3.63) is 71.3 Å². The summed E-state index contributed by atoms with van der Waals surface area (Å²) in [6.45, 7) is 2.88. The Hall–Kier alpha value is -3.58. The molecule has 0 radical (unpaired) electrons. The number of halogens is 1. The van der Waals surface area contributed by atoms with Gasteiger partial charge in [0, 0.05) is 42.8 Å². The fourth-order valence-corrected chi connectivity index (χ4v) is 3.94. The number of anilines is 1. The molecule has 5 rings (SSSR count). The van der Waals surface area contributed by atoms with E-state index in [1.165, 1.54) is 0 Å². The number of piperazine rings is 1. The first-order chi connectivity index (χ1) is 15.7. The molecule has 3 heterocycles. The largest absolute Gasteiger partial charge is 0.454 e. The van der Waals surface area contributed by atoms with Crippen molar-refractivity contribution < 1.29 is 14.3 Å². The Balaban J connectivity index is 1.19. The van der Waals surface area contributed by atoms with Gasteiger partial charge >= 0.3 is 0 Å². The average molecular weight is 449 g/mol. The molecule has 8 heteroatoms. The van der Waals surface area contributed by atoms with Gasteiger partial charge in [0.15, 0.2) is 17.3 Å². The molecule has 0 N–H and O–H groups in total. The van der Waals surface area contributed by atoms with E-state index in [2.05, 4.69) is 15.1 Å². The normalized spacial score (nSPS) is 15.4. The van der Waals surface area contributed by atoms with Gasteiger partial charge in [0.2, 0.25) is 12.7 Å². The molecule has 1 fully saturated rings. The maximum absolute atomic E-state index is 12.5. The highest BCUT2D eigenvalue weighted by atomic mass is 35.5. The molecule has 0 saturated carbocycles. The lowest BCUT2D eigenvalue weighted by molar-refractivity contribution is -0.126. The lowest BCUT2D eigenvalue weighted by Gasteiger charge is -2.34. The quantitative estimate of drug-likeness (QED) is 0.564. The lowest BCUT2D eigenvalue weighted by atomic mass is 10.1. The molecule has 1 aromatic heterocycles. The zero-order valence-corrected chi connectivity index (χ0v) is 18.0. The van der Waals surface area contributed by atoms with Crippen LogP contribution in [0.1, 0.15) is 5.56 Å². The van der Waals surface area contributed by atoms with Crippen molar-refractivity contribution in [3.8, 4) is 22.8 Å². The molecule has 0 unspecified atom stereocenters. The molecule has 3 aromatic rings. The highest BCUT2D eigenvalue weighted by molar-refractivity contribution is 6.32. The van der Waals surface area contributed by atoms with Crippen LogP contribution in [-0.4, -0.2) is 54.0 Å². The second-order valence-electron chi connectivity index (χ2n) is 7.51. The number of hydrogen-bond acceptors (Lipinski definition) is 6. The second-order valence-corrected chi connectivity index (χ2v) is 7.92. The smallest absolute Gasteiger partial charge is 0.246 e. The van der Waals surface area contributed by atoms with Crippen molar-refractivity contribution in [1.82, 2.24) is 15.1 Å². The van der Waals surface area contributed by atoms with Crippen molar-refractivity contribution in [2.24, 2.45) is 0 Å². The first-order valence-corrected chi connectivity index (χ1v) is 10.8. The SMILES string of the molecule is O=C(/C=C/c1ccccc1Cl)N1CCN(c2ccc(-c3ccc4c(c3)OCO4)nn2)CC1. The number of hydrogen-bond donors (Lipinski definition) is 0. The van der Waals surface area contributed by atoms with Gasteiger partial charge in [0.1, 0.15) is 0 Å². The topological polar surface area (TPSA) is 67.8 Å². The standard InChI is InChI=1S/C24H21ClN4O3/c25-19-4-2-1-3-17(19)6-10-24(30)29-13-11-28(12-14-29)23-9-7-20(26-27-23)18-5-8-21-22(15-18)32-16-31-21/h1-10,15H,11-14,16H2/b10-6+. The van der Waals surface area contributed by atoms with Crippen LogP contribution in [0.3, 0.4) is 0 Å². The molecular formula is C24H21ClN4O3. The van der Waals surface area contributed by atoms with Crippen molar-refractivity contribution in [2.45, 2.75) is 0 Å². The number of rotatable bonds is 4. The molecule has 0 atom stereocenters. The Bertz CT molecular complexity index is 1160. The minimum atomic E-state index is -0.0196. The molecule has 2 aliphatic heterocycles. The minimum Gasteiger partial charge on any atom is -0.454 e. The summed E-state index contributed by atoms with van der Waals surface area (Å²) >= 11 is 6.15. The van der Waals surface area contributed by atoms with Gasteiger partial charge in [-0.05, 0) is 48.0 Å². The van der Waals surface area contributed by atoms with Gasteiger partial charge in [-0.2, -0.15) is 0 Å². The number of fused-ring (bicyclic) bond motifs is 1. The van der Waals surface area contributed by atoms with Gasteiger partial charge in [-0.1, -0.05) is 29.8 Å². The van der Waals surface area contributed by atoms with E-state index in [-0.39, 0.29) is 12.7 Å². The van der Waals surface area contributed by atoms with Crippen LogP contribution in [-0.2, 0) is 4.79 Å². The predicted octanol–water partition coefficient (Wildman–Crippen LogP) is 3.89. The van der Waals surface area contributed by atoms with Gasteiger partial charge in [0.05, 0.1) is 5.69 Å². The van der Waals surface area contributed by atoms with E-state index in [1.807, 2.05) is 59.5 Å². The third-order valence-electron chi connectivity index (χ3n) is 5.54. The summed E-state index contributed by atoms with van der Waals surface area (Å²) in [5.41, 5.74) is 2.53. The van der Waals surface area contributed by atoms with E-state index in [9.17, 15) is 4.79 Å². The van der Waals surface area contributed by atoms with E-state index in [1.54, 1.807) is 12.2 Å². The van der Waals surface area contributed by atoms with Crippen LogP contribution >= 0.6 is 11.6 Å². The van der Waals surface area contributed by atoms with Crippen LogP contribution in [0.5, 0.6) is 11.5 Å². The molecule has 162 valence electrons. The summed E-state index contributed by atoms with van der Waals surface area (Å²) < 4.78 is 10.8. The summed E-state index contributed by atoms with van der Waals surface area (Å²) in [5.74, 6) is 2.24. The number of carbonyl (C=O) groups is 1. The van der Waals surface area contributed by atoms with Crippen molar-refractivity contribution in [3.63, 3.8) is 0 Å².